The van der Waals surface area contributed by atoms with Gasteiger partial charge in [0.15, 0.2) is 0 Å². The van der Waals surface area contributed by atoms with Gasteiger partial charge >= 0.3 is 0 Å². The molecule has 10 heteroatoms. The average Bonchev–Trinajstić information content (AvgIpc) is 3.16. The summed E-state index contributed by atoms with van der Waals surface area (Å²) in [6.45, 7) is 12.3. The Hall–Kier alpha value is -2.88. The molecule has 0 saturated carbocycles. The topological polar surface area (TPSA) is 122 Å². The number of amidine groups is 2. The maximum atomic E-state index is 15.1. The van der Waals surface area contributed by atoms with Crippen molar-refractivity contribution in [3.63, 3.8) is 0 Å². The lowest BCUT2D eigenvalue weighted by molar-refractivity contribution is -0.112. The van der Waals surface area contributed by atoms with Gasteiger partial charge in [0.25, 0.3) is 5.91 Å². The van der Waals surface area contributed by atoms with Crippen LogP contribution >= 0.6 is 0 Å². The number of hydrogen-bond acceptors (Lipinski definition) is 6. The Morgan fingerprint density at radius 2 is 2.06 bits per heavy atom. The molecule has 0 fully saturated rings. The molecule has 2 heterocycles. The third-order valence-corrected chi connectivity index (χ3v) is 9.89. The van der Waals surface area contributed by atoms with Crippen LogP contribution in [0.4, 0.5) is 10.1 Å². The van der Waals surface area contributed by atoms with E-state index in [0.29, 0.717) is 30.1 Å². The highest BCUT2D eigenvalue weighted by Gasteiger charge is 2.56. The summed E-state index contributed by atoms with van der Waals surface area (Å²) in [5.41, 5.74) is 5.99. The number of halogens is 1. The highest BCUT2D eigenvalue weighted by molar-refractivity contribution is 7.96. The number of carbonyl (C=O) groups excluding carboxylic acids is 1. The zero-order valence-corrected chi connectivity index (χ0v) is 19.8. The minimum Gasteiger partial charge on any atom is -0.386 e. The predicted octanol–water partition coefficient (Wildman–Crippen LogP) is 3.39. The fourth-order valence-electron chi connectivity index (χ4n) is 4.02. The molecule has 32 heavy (non-hydrogen) atoms. The van der Waals surface area contributed by atoms with E-state index in [4.69, 9.17) is 5.73 Å². The van der Waals surface area contributed by atoms with Crippen LogP contribution in [0.1, 0.15) is 46.6 Å². The molecule has 0 unspecified atom stereocenters. The molecule has 172 valence electrons. The van der Waals surface area contributed by atoms with Crippen molar-refractivity contribution in [2.45, 2.75) is 56.6 Å². The van der Waals surface area contributed by atoms with Crippen LogP contribution in [0.2, 0.25) is 0 Å². The number of nitrogens with one attached hydrogen (secondary N) is 1. The second-order valence-corrected chi connectivity index (χ2v) is 11.6. The third-order valence-electron chi connectivity index (χ3n) is 6.19. The fourth-order valence-corrected chi connectivity index (χ4v) is 7.18. The first-order valence-electron chi connectivity index (χ1n) is 10.2. The normalized spacial score (nSPS) is 29.6. The molecule has 3 rings (SSSR count). The monoisotopic (exact) mass is 460 g/mol. The van der Waals surface area contributed by atoms with E-state index in [0.717, 1.165) is 0 Å². The molecular formula is C22H29FN6O2S. The molecule has 1 amide bonds. The van der Waals surface area contributed by atoms with Crippen molar-refractivity contribution in [2.24, 2.45) is 25.1 Å². The van der Waals surface area contributed by atoms with Crippen molar-refractivity contribution in [1.29, 1.82) is 0 Å². The predicted molar refractivity (Wildman–Crippen MR) is 128 cm³/mol. The van der Waals surface area contributed by atoms with Gasteiger partial charge in [-0.05, 0) is 66.0 Å². The molecule has 0 aliphatic carbocycles. The lowest BCUT2D eigenvalue weighted by Crippen LogP contribution is -2.58. The molecule has 0 spiro atoms. The van der Waals surface area contributed by atoms with Crippen LogP contribution in [0, 0.1) is 5.82 Å². The summed E-state index contributed by atoms with van der Waals surface area (Å²) in [5.74, 6) is -0.306. The Labute approximate surface area is 188 Å². The van der Waals surface area contributed by atoms with Gasteiger partial charge in [0, 0.05) is 29.6 Å². The van der Waals surface area contributed by atoms with E-state index in [1.165, 1.54) is 24.4 Å². The van der Waals surface area contributed by atoms with Gasteiger partial charge in [0.05, 0.1) is 15.0 Å². The standard InChI is InChI=1S/C22H29FN6O2S/c1-13(12-26-14(2)25-6)19(30)28-15-7-8-17(23)16(11-15)22(5)18-9-10-27-32(18,31)21(3,4)20(24)29-22/h7-8,11-12,18H,6,9-10H2,1-5H3,(H2,24,29)(H,28,30)/b13-12+,26-14-/t18-,22+,32+/m0/s1. The summed E-state index contributed by atoms with van der Waals surface area (Å²) >= 11 is 0. The van der Waals surface area contributed by atoms with Gasteiger partial charge in [-0.1, -0.05) is 0 Å². The molecule has 0 saturated heterocycles. The van der Waals surface area contributed by atoms with Crippen LogP contribution < -0.4 is 11.1 Å². The number of anilines is 1. The van der Waals surface area contributed by atoms with Crippen molar-refractivity contribution < 1.29 is 13.4 Å². The van der Waals surface area contributed by atoms with Crippen LogP contribution in [0.3, 0.4) is 0 Å². The zero-order valence-electron chi connectivity index (χ0n) is 19.0. The van der Waals surface area contributed by atoms with E-state index in [1.807, 2.05) is 0 Å². The van der Waals surface area contributed by atoms with Crippen LogP contribution in [-0.2, 0) is 20.1 Å². The van der Waals surface area contributed by atoms with E-state index in [1.54, 1.807) is 34.6 Å². The van der Waals surface area contributed by atoms with Gasteiger partial charge in [-0.25, -0.2) is 22.9 Å². The number of carbonyl (C=O) groups is 1. The highest BCUT2D eigenvalue weighted by atomic mass is 32.2. The summed E-state index contributed by atoms with van der Waals surface area (Å²) < 4.78 is 32.5. The Bertz CT molecular complexity index is 1190. The molecule has 8 nitrogen and oxygen atoms in total. The number of amides is 1. The van der Waals surface area contributed by atoms with Crippen LogP contribution in [0.15, 0.2) is 49.3 Å². The number of fused-ring (bicyclic) bond motifs is 1. The Kier molecular flexibility index (Phi) is 6.12. The van der Waals surface area contributed by atoms with Crippen molar-refractivity contribution >= 4 is 39.7 Å². The highest BCUT2D eigenvalue weighted by Crippen LogP contribution is 2.48. The zero-order chi connectivity index (χ0) is 23.9. The van der Waals surface area contributed by atoms with Crippen molar-refractivity contribution in [2.75, 3.05) is 11.9 Å². The minimum atomic E-state index is -2.79. The van der Waals surface area contributed by atoms with E-state index in [-0.39, 0.29) is 11.4 Å². The van der Waals surface area contributed by atoms with Gasteiger partial charge in [-0.15, -0.1) is 0 Å². The van der Waals surface area contributed by atoms with E-state index in [9.17, 15) is 9.00 Å². The molecule has 3 atom stereocenters. The smallest absolute Gasteiger partial charge is 0.252 e. The van der Waals surface area contributed by atoms with Crippen molar-refractivity contribution in [3.05, 3.63) is 41.4 Å². The SMILES string of the molecule is C=N/C(C)=N\C=C(/C)C(=O)Nc1ccc(F)c([C@@]2(C)N=C(N)C(C)(C)[S@@]3(=O)=NCC[C@@H]23)c1. The number of nitrogens with zero attached hydrogens (tertiary/aromatic N) is 4. The maximum absolute atomic E-state index is 15.1. The Balaban J connectivity index is 2.02. The molecule has 3 N–H and O–H groups in total. The van der Waals surface area contributed by atoms with E-state index < -0.39 is 37.0 Å². The molecule has 2 aliphatic rings. The van der Waals surface area contributed by atoms with Crippen molar-refractivity contribution in [3.8, 4) is 0 Å². The van der Waals surface area contributed by atoms with Gasteiger partial charge in [0.2, 0.25) is 0 Å². The van der Waals surface area contributed by atoms with Gasteiger partial charge in [-0.2, -0.15) is 0 Å². The van der Waals surface area contributed by atoms with Gasteiger partial charge < -0.3 is 11.1 Å². The summed E-state index contributed by atoms with van der Waals surface area (Å²) in [6, 6.07) is 4.25. The largest absolute Gasteiger partial charge is 0.386 e. The number of benzene rings is 1. The number of hydrogen-bond donors (Lipinski definition) is 2. The summed E-state index contributed by atoms with van der Waals surface area (Å²) in [6.07, 6.45) is 1.90. The second kappa shape index (κ2) is 8.23. The quantitative estimate of drug-likeness (QED) is 0.407. The molecule has 0 bridgehead atoms. The maximum Gasteiger partial charge on any atom is 0.252 e. The lowest BCUT2D eigenvalue weighted by Gasteiger charge is -2.44. The summed E-state index contributed by atoms with van der Waals surface area (Å²) in [7, 11) is -2.79. The fraction of sp³-hybridized carbons (Fsp3) is 0.455. The Morgan fingerprint density at radius 3 is 2.72 bits per heavy atom. The molecule has 0 radical (unpaired) electrons. The first-order chi connectivity index (χ1) is 14.9. The minimum absolute atomic E-state index is 0.184. The molecular weight excluding hydrogens is 431 g/mol. The van der Waals surface area contributed by atoms with Crippen LogP contribution in [0.5, 0.6) is 0 Å². The van der Waals surface area contributed by atoms with Gasteiger partial charge in [0.1, 0.15) is 27.8 Å². The second-order valence-electron chi connectivity index (χ2n) is 8.65. The average molecular weight is 461 g/mol. The molecule has 0 aromatic heterocycles. The third kappa shape index (κ3) is 3.76. The molecule has 1 aromatic rings. The van der Waals surface area contributed by atoms with Crippen LogP contribution in [-0.4, -0.2) is 45.0 Å². The first-order valence-corrected chi connectivity index (χ1v) is 11.8. The molecule has 1 aromatic carbocycles. The van der Waals surface area contributed by atoms with E-state index in [2.05, 4.69) is 31.4 Å². The van der Waals surface area contributed by atoms with Crippen molar-refractivity contribution in [1.82, 2.24) is 0 Å². The van der Waals surface area contributed by atoms with E-state index >= 15 is 4.39 Å². The number of rotatable bonds is 4. The first kappa shape index (κ1) is 23.8. The number of aliphatic imine (C=N–C) groups is 3. The Morgan fingerprint density at radius 1 is 1.38 bits per heavy atom. The van der Waals surface area contributed by atoms with Crippen LogP contribution in [0.25, 0.3) is 0 Å². The molecule has 2 aliphatic heterocycles. The number of nitrogens with two attached hydrogens (primary N) is 1. The van der Waals surface area contributed by atoms with Gasteiger partial charge in [-0.3, -0.25) is 9.79 Å². The summed E-state index contributed by atoms with van der Waals surface area (Å²) in [5, 5.41) is 2.24. The lowest BCUT2D eigenvalue weighted by atomic mass is 9.85. The summed E-state index contributed by atoms with van der Waals surface area (Å²) in [4.78, 5) is 24.9.